The molecule has 0 spiro atoms. The number of ether oxygens (including phenoxy) is 2. The van der Waals surface area contributed by atoms with Crippen LogP contribution in [0.4, 0.5) is 11.4 Å². The molecular formula is C20H22N4O6S2. The van der Waals surface area contributed by atoms with Crippen LogP contribution in [-0.4, -0.2) is 50.2 Å². The first kappa shape index (κ1) is 23.4. The number of rotatable bonds is 10. The first-order chi connectivity index (χ1) is 15.3. The molecule has 12 heteroatoms. The summed E-state index contributed by atoms with van der Waals surface area (Å²) in [5.74, 6) is 1.15. The van der Waals surface area contributed by atoms with Crippen LogP contribution in [0.3, 0.4) is 0 Å². The van der Waals surface area contributed by atoms with Gasteiger partial charge in [0.25, 0.3) is 5.22 Å². The third-order valence-electron chi connectivity index (χ3n) is 4.15. The number of methoxy groups -OCH3 is 2. The Morgan fingerprint density at radius 1 is 1.03 bits per heavy atom. The third-order valence-corrected chi connectivity index (χ3v) is 6.28. The lowest BCUT2D eigenvalue weighted by Crippen LogP contribution is -2.14. The topological polar surface area (TPSA) is 133 Å². The molecule has 0 radical (unpaired) electrons. The van der Waals surface area contributed by atoms with Crippen LogP contribution in [0.25, 0.3) is 11.5 Å². The van der Waals surface area contributed by atoms with Crippen molar-refractivity contribution in [3.05, 3.63) is 42.5 Å². The fourth-order valence-electron chi connectivity index (χ4n) is 2.52. The normalized spacial score (nSPS) is 11.1. The molecule has 0 saturated heterocycles. The zero-order chi connectivity index (χ0) is 23.1. The molecule has 10 nitrogen and oxygen atoms in total. The van der Waals surface area contributed by atoms with Gasteiger partial charge in [0.1, 0.15) is 11.5 Å². The van der Waals surface area contributed by atoms with Crippen molar-refractivity contribution in [2.24, 2.45) is 0 Å². The Kier molecular flexibility index (Phi) is 7.59. The first-order valence-electron chi connectivity index (χ1n) is 9.42. The lowest BCUT2D eigenvalue weighted by molar-refractivity contribution is -0.113. The molecule has 0 unspecified atom stereocenters. The highest BCUT2D eigenvalue weighted by atomic mass is 32.2. The molecule has 0 saturated carbocycles. The minimum Gasteiger partial charge on any atom is -0.497 e. The molecule has 1 heterocycles. The molecule has 1 amide bonds. The number of aromatic nitrogens is 2. The second-order valence-corrected chi connectivity index (χ2v) is 9.33. The Hall–Kier alpha value is -3.25. The summed E-state index contributed by atoms with van der Waals surface area (Å²) in [6.45, 7) is 1.56. The van der Waals surface area contributed by atoms with Crippen LogP contribution in [0, 0.1) is 0 Å². The van der Waals surface area contributed by atoms with E-state index in [1.54, 1.807) is 49.4 Å². The van der Waals surface area contributed by atoms with Crippen molar-refractivity contribution in [1.29, 1.82) is 0 Å². The molecule has 2 N–H and O–H groups in total. The predicted octanol–water partition coefficient (Wildman–Crippen LogP) is 3.25. The van der Waals surface area contributed by atoms with Gasteiger partial charge < -0.3 is 19.2 Å². The van der Waals surface area contributed by atoms with Gasteiger partial charge in [-0.1, -0.05) is 11.8 Å². The van der Waals surface area contributed by atoms with E-state index in [1.165, 1.54) is 14.2 Å². The summed E-state index contributed by atoms with van der Waals surface area (Å²) in [5.41, 5.74) is 1.60. The number of carbonyl (C=O) groups excluding carboxylic acids is 1. The highest BCUT2D eigenvalue weighted by Gasteiger charge is 2.13. The lowest BCUT2D eigenvalue weighted by atomic mass is 10.2. The zero-order valence-corrected chi connectivity index (χ0v) is 19.2. The van der Waals surface area contributed by atoms with E-state index in [0.29, 0.717) is 28.4 Å². The average Bonchev–Trinajstić information content (AvgIpc) is 3.26. The minimum absolute atomic E-state index is 0.0159. The van der Waals surface area contributed by atoms with Crippen molar-refractivity contribution in [1.82, 2.24) is 10.2 Å². The SMILES string of the molecule is CCS(=O)(=O)Nc1ccc(-c2nnc(SCC(=O)Nc3cc(OC)cc(OC)c3)o2)cc1. The molecule has 0 aliphatic carbocycles. The molecular weight excluding hydrogens is 456 g/mol. The molecule has 0 fully saturated rings. The number of amides is 1. The molecule has 3 rings (SSSR count). The zero-order valence-electron chi connectivity index (χ0n) is 17.6. The minimum atomic E-state index is -3.35. The van der Waals surface area contributed by atoms with Gasteiger partial charge in [0, 0.05) is 35.1 Å². The Balaban J connectivity index is 1.58. The maximum absolute atomic E-state index is 12.3. The molecule has 32 heavy (non-hydrogen) atoms. The summed E-state index contributed by atoms with van der Waals surface area (Å²) in [6.07, 6.45) is 0. The van der Waals surface area contributed by atoms with Gasteiger partial charge >= 0.3 is 0 Å². The second-order valence-electron chi connectivity index (χ2n) is 6.39. The monoisotopic (exact) mass is 478 g/mol. The van der Waals surface area contributed by atoms with E-state index in [2.05, 4.69) is 20.2 Å². The van der Waals surface area contributed by atoms with Crippen molar-refractivity contribution >= 4 is 39.1 Å². The molecule has 2 aromatic carbocycles. The smallest absolute Gasteiger partial charge is 0.277 e. The number of hydrogen-bond acceptors (Lipinski definition) is 9. The first-order valence-corrected chi connectivity index (χ1v) is 12.1. The van der Waals surface area contributed by atoms with Gasteiger partial charge in [0.05, 0.1) is 25.7 Å². The number of nitrogens with zero attached hydrogens (tertiary/aromatic N) is 2. The van der Waals surface area contributed by atoms with Crippen LogP contribution in [0.2, 0.25) is 0 Å². The van der Waals surface area contributed by atoms with Crippen LogP contribution >= 0.6 is 11.8 Å². The quantitative estimate of drug-likeness (QED) is 0.421. The molecule has 1 aromatic heterocycles. The molecule has 0 aliphatic heterocycles. The van der Waals surface area contributed by atoms with E-state index in [0.717, 1.165) is 11.8 Å². The van der Waals surface area contributed by atoms with Crippen molar-refractivity contribution in [2.75, 3.05) is 35.8 Å². The molecule has 0 bridgehead atoms. The van der Waals surface area contributed by atoms with Crippen LogP contribution in [0.15, 0.2) is 52.1 Å². The van der Waals surface area contributed by atoms with Gasteiger partial charge in [-0.05, 0) is 31.2 Å². The number of anilines is 2. The number of thioether (sulfide) groups is 1. The predicted molar refractivity (Wildman–Crippen MR) is 122 cm³/mol. The van der Waals surface area contributed by atoms with Crippen LogP contribution in [0.1, 0.15) is 6.92 Å². The fraction of sp³-hybridized carbons (Fsp3) is 0.250. The maximum atomic E-state index is 12.3. The average molecular weight is 479 g/mol. The second kappa shape index (κ2) is 10.4. The highest BCUT2D eigenvalue weighted by molar-refractivity contribution is 7.99. The van der Waals surface area contributed by atoms with E-state index in [1.807, 2.05) is 0 Å². The molecule has 0 aliphatic rings. The summed E-state index contributed by atoms with van der Waals surface area (Å²) in [5, 5.41) is 10.9. The van der Waals surface area contributed by atoms with Crippen molar-refractivity contribution < 1.29 is 27.1 Å². The summed E-state index contributed by atoms with van der Waals surface area (Å²) < 4.78 is 41.7. The van der Waals surface area contributed by atoms with Gasteiger partial charge in [-0.15, -0.1) is 10.2 Å². The maximum Gasteiger partial charge on any atom is 0.277 e. The Bertz CT molecular complexity index is 1160. The Labute approximate surface area is 189 Å². The number of benzene rings is 2. The Morgan fingerprint density at radius 3 is 2.28 bits per heavy atom. The molecule has 170 valence electrons. The van der Waals surface area contributed by atoms with Gasteiger partial charge in [-0.2, -0.15) is 0 Å². The van der Waals surface area contributed by atoms with Crippen LogP contribution in [0.5, 0.6) is 11.5 Å². The van der Waals surface area contributed by atoms with Crippen molar-refractivity contribution in [2.45, 2.75) is 12.1 Å². The Morgan fingerprint density at radius 2 is 1.69 bits per heavy atom. The van der Waals surface area contributed by atoms with Crippen molar-refractivity contribution in [3.8, 4) is 23.0 Å². The standard InChI is InChI=1S/C20H22N4O6S2/c1-4-32(26,27)24-14-7-5-13(6-8-14)19-22-23-20(30-19)31-12-18(25)21-15-9-16(28-2)11-17(10-15)29-3/h5-11,24H,4,12H2,1-3H3,(H,21,25). The fourth-order valence-corrected chi connectivity index (χ4v) is 3.72. The number of sulfonamides is 1. The summed E-state index contributed by atoms with van der Waals surface area (Å²) in [6, 6.07) is 11.6. The van der Waals surface area contributed by atoms with Gasteiger partial charge in [-0.3, -0.25) is 9.52 Å². The van der Waals surface area contributed by atoms with E-state index in [-0.39, 0.29) is 28.5 Å². The lowest BCUT2D eigenvalue weighted by Gasteiger charge is -2.09. The largest absolute Gasteiger partial charge is 0.497 e. The summed E-state index contributed by atoms with van der Waals surface area (Å²) >= 11 is 1.09. The number of hydrogen-bond donors (Lipinski definition) is 2. The summed E-state index contributed by atoms with van der Waals surface area (Å²) in [7, 11) is -0.292. The van der Waals surface area contributed by atoms with E-state index in [9.17, 15) is 13.2 Å². The van der Waals surface area contributed by atoms with E-state index < -0.39 is 10.0 Å². The number of carbonyl (C=O) groups is 1. The highest BCUT2D eigenvalue weighted by Crippen LogP contribution is 2.27. The van der Waals surface area contributed by atoms with Gasteiger partial charge in [0.2, 0.25) is 21.8 Å². The van der Waals surface area contributed by atoms with Crippen LogP contribution in [-0.2, 0) is 14.8 Å². The molecule has 0 atom stereocenters. The van der Waals surface area contributed by atoms with E-state index >= 15 is 0 Å². The van der Waals surface area contributed by atoms with Crippen LogP contribution < -0.4 is 19.5 Å². The van der Waals surface area contributed by atoms with Gasteiger partial charge in [-0.25, -0.2) is 8.42 Å². The van der Waals surface area contributed by atoms with E-state index in [4.69, 9.17) is 13.9 Å². The van der Waals surface area contributed by atoms with Crippen molar-refractivity contribution in [3.63, 3.8) is 0 Å². The number of nitrogens with one attached hydrogen (secondary N) is 2. The summed E-state index contributed by atoms with van der Waals surface area (Å²) in [4.78, 5) is 12.3. The van der Waals surface area contributed by atoms with Gasteiger partial charge in [0.15, 0.2) is 0 Å². The third kappa shape index (κ3) is 6.37. The molecule has 3 aromatic rings.